The van der Waals surface area contributed by atoms with Crippen molar-refractivity contribution in [3.8, 4) is 0 Å². The van der Waals surface area contributed by atoms with Gasteiger partial charge in [0.25, 0.3) is 21.9 Å². The van der Waals surface area contributed by atoms with E-state index in [1.165, 1.54) is 12.1 Å². The number of rotatable bonds is 8. The molecule has 1 unspecified atom stereocenters. The molecule has 37 heavy (non-hydrogen) atoms. The van der Waals surface area contributed by atoms with Gasteiger partial charge < -0.3 is 4.90 Å². The number of hydrogen-bond acceptors (Lipinski definition) is 8. The van der Waals surface area contributed by atoms with Crippen LogP contribution in [-0.2, 0) is 23.9 Å². The third-order valence-corrected chi connectivity index (χ3v) is 8.38. The van der Waals surface area contributed by atoms with E-state index in [1.807, 2.05) is 6.92 Å². The Morgan fingerprint density at radius 3 is 2.38 bits per heavy atom. The number of nitrogens with zero attached hydrogens (tertiary/aromatic N) is 2. The van der Waals surface area contributed by atoms with Crippen molar-refractivity contribution in [2.45, 2.75) is 43.5 Å². The SMILES string of the molecule is Cc1ccc(S(=O)(=O)OCCCC2CN(c3ccc4c(c3)C(=O)N(C3CCC(=O)NC3=O)C4=O)C2)cc1. The molecule has 0 saturated carbocycles. The van der Waals surface area contributed by atoms with E-state index in [0.717, 1.165) is 35.7 Å². The average Bonchev–Trinajstić information content (AvgIpc) is 3.07. The maximum Gasteiger partial charge on any atom is 0.296 e. The molecule has 0 radical (unpaired) electrons. The van der Waals surface area contributed by atoms with Gasteiger partial charge in [0.15, 0.2) is 0 Å². The summed E-state index contributed by atoms with van der Waals surface area (Å²) in [6.07, 6.45) is 1.59. The summed E-state index contributed by atoms with van der Waals surface area (Å²) in [6, 6.07) is 10.6. The van der Waals surface area contributed by atoms with E-state index in [9.17, 15) is 27.6 Å². The molecule has 0 spiro atoms. The number of aryl methyl sites for hydroxylation is 1. The summed E-state index contributed by atoms with van der Waals surface area (Å²) < 4.78 is 29.7. The van der Waals surface area contributed by atoms with E-state index in [-0.39, 0.29) is 35.5 Å². The lowest BCUT2D eigenvalue weighted by molar-refractivity contribution is -0.136. The minimum absolute atomic E-state index is 0.0765. The van der Waals surface area contributed by atoms with Gasteiger partial charge in [0.1, 0.15) is 6.04 Å². The van der Waals surface area contributed by atoms with Crippen LogP contribution < -0.4 is 10.2 Å². The van der Waals surface area contributed by atoms with Crippen LogP contribution in [0.3, 0.4) is 0 Å². The number of carbonyl (C=O) groups excluding carboxylic acids is 4. The lowest BCUT2D eigenvalue weighted by atomic mass is 9.93. The highest BCUT2D eigenvalue weighted by molar-refractivity contribution is 7.86. The molecule has 0 bridgehead atoms. The van der Waals surface area contributed by atoms with Crippen LogP contribution in [0, 0.1) is 12.8 Å². The maximum atomic E-state index is 13.0. The van der Waals surface area contributed by atoms with Gasteiger partial charge in [0, 0.05) is 25.2 Å². The molecule has 0 aliphatic carbocycles. The summed E-state index contributed by atoms with van der Waals surface area (Å²) in [7, 11) is -3.77. The molecular formula is C26H27N3O7S. The Balaban J connectivity index is 1.13. The first-order chi connectivity index (χ1) is 17.6. The normalized spacial score (nSPS) is 20.2. The summed E-state index contributed by atoms with van der Waals surface area (Å²) >= 11 is 0. The fraction of sp³-hybridized carbons (Fsp3) is 0.385. The predicted molar refractivity (Wildman–Crippen MR) is 132 cm³/mol. The van der Waals surface area contributed by atoms with Gasteiger partial charge in [-0.1, -0.05) is 17.7 Å². The first-order valence-corrected chi connectivity index (χ1v) is 13.6. The zero-order chi connectivity index (χ0) is 26.3. The number of anilines is 1. The lowest BCUT2D eigenvalue weighted by Crippen LogP contribution is -2.54. The van der Waals surface area contributed by atoms with Gasteiger partial charge in [-0.3, -0.25) is 33.6 Å². The van der Waals surface area contributed by atoms with E-state index in [2.05, 4.69) is 10.2 Å². The van der Waals surface area contributed by atoms with Gasteiger partial charge in [-0.25, -0.2) is 0 Å². The summed E-state index contributed by atoms with van der Waals surface area (Å²) in [5, 5.41) is 2.19. The smallest absolute Gasteiger partial charge is 0.296 e. The van der Waals surface area contributed by atoms with Crippen LogP contribution in [-0.4, -0.2) is 62.7 Å². The van der Waals surface area contributed by atoms with E-state index in [1.54, 1.807) is 30.3 Å². The fourth-order valence-electron chi connectivity index (χ4n) is 4.93. The molecule has 2 saturated heterocycles. The first-order valence-electron chi connectivity index (χ1n) is 12.2. The van der Waals surface area contributed by atoms with E-state index in [0.29, 0.717) is 12.3 Å². The number of imide groups is 2. The quantitative estimate of drug-likeness (QED) is 0.315. The highest BCUT2D eigenvalue weighted by atomic mass is 32.2. The van der Waals surface area contributed by atoms with Crippen molar-refractivity contribution in [3.05, 3.63) is 59.2 Å². The molecule has 5 rings (SSSR count). The molecule has 1 N–H and O–H groups in total. The van der Waals surface area contributed by atoms with Crippen molar-refractivity contribution < 1.29 is 31.8 Å². The molecule has 11 heteroatoms. The molecule has 0 aromatic heterocycles. The standard InChI is InChI=1S/C26H27N3O7S/c1-16-4-7-19(8-5-16)37(34,35)36-12-2-3-17-14-28(15-17)18-6-9-20-21(13-18)26(33)29(25(20)32)22-10-11-23(30)27-24(22)31/h4-9,13,17,22H,2-3,10-12,14-15H2,1H3,(H,27,30,31). The summed E-state index contributed by atoms with van der Waals surface area (Å²) in [4.78, 5) is 52.7. The van der Waals surface area contributed by atoms with Crippen LogP contribution in [0.15, 0.2) is 47.4 Å². The monoisotopic (exact) mass is 525 g/mol. The number of fused-ring (bicyclic) bond motifs is 1. The number of benzene rings is 2. The van der Waals surface area contributed by atoms with Crippen LogP contribution in [0.2, 0.25) is 0 Å². The molecule has 2 aromatic rings. The van der Waals surface area contributed by atoms with Gasteiger partial charge in [0.05, 0.1) is 22.6 Å². The Hall–Kier alpha value is -3.57. The van der Waals surface area contributed by atoms with Crippen molar-refractivity contribution in [2.75, 3.05) is 24.6 Å². The predicted octanol–water partition coefficient (Wildman–Crippen LogP) is 2.02. The molecule has 3 heterocycles. The second-order valence-electron chi connectivity index (χ2n) is 9.68. The number of hydrogen-bond donors (Lipinski definition) is 1. The third-order valence-electron chi connectivity index (χ3n) is 7.05. The largest absolute Gasteiger partial charge is 0.371 e. The molecule has 4 amide bonds. The lowest BCUT2D eigenvalue weighted by Gasteiger charge is -2.41. The molecule has 1 atom stereocenters. The van der Waals surface area contributed by atoms with Crippen molar-refractivity contribution in [1.82, 2.24) is 10.2 Å². The Morgan fingerprint density at radius 1 is 0.973 bits per heavy atom. The zero-order valence-corrected chi connectivity index (χ0v) is 21.1. The van der Waals surface area contributed by atoms with Crippen LogP contribution in [0.1, 0.15) is 52.0 Å². The molecule has 2 fully saturated rings. The fourth-order valence-corrected chi connectivity index (χ4v) is 5.88. The summed E-state index contributed by atoms with van der Waals surface area (Å²) in [5.41, 5.74) is 2.28. The van der Waals surface area contributed by atoms with Crippen LogP contribution in [0.25, 0.3) is 0 Å². The molecule has 3 aliphatic rings. The highest BCUT2D eigenvalue weighted by Gasteiger charge is 2.45. The molecular weight excluding hydrogens is 498 g/mol. The molecule has 3 aliphatic heterocycles. The minimum atomic E-state index is -3.77. The van der Waals surface area contributed by atoms with Crippen LogP contribution >= 0.6 is 0 Å². The van der Waals surface area contributed by atoms with Gasteiger partial charge >= 0.3 is 0 Å². The Morgan fingerprint density at radius 2 is 1.68 bits per heavy atom. The maximum absolute atomic E-state index is 13.0. The van der Waals surface area contributed by atoms with E-state index in [4.69, 9.17) is 4.18 Å². The van der Waals surface area contributed by atoms with E-state index < -0.39 is 39.8 Å². The van der Waals surface area contributed by atoms with E-state index >= 15 is 0 Å². The van der Waals surface area contributed by atoms with Crippen molar-refractivity contribution >= 4 is 39.4 Å². The van der Waals surface area contributed by atoms with Gasteiger partial charge in [0.2, 0.25) is 11.8 Å². The van der Waals surface area contributed by atoms with Crippen LogP contribution in [0.4, 0.5) is 5.69 Å². The first kappa shape index (κ1) is 25.1. The Labute approximate surface area is 214 Å². The topological polar surface area (TPSA) is 130 Å². The van der Waals surface area contributed by atoms with Crippen LogP contribution in [0.5, 0.6) is 0 Å². The average molecular weight is 526 g/mol. The highest BCUT2D eigenvalue weighted by Crippen LogP contribution is 2.33. The zero-order valence-electron chi connectivity index (χ0n) is 20.3. The van der Waals surface area contributed by atoms with Gasteiger partial charge in [-0.15, -0.1) is 0 Å². The van der Waals surface area contributed by atoms with Gasteiger partial charge in [-0.2, -0.15) is 8.42 Å². The van der Waals surface area contributed by atoms with Crippen molar-refractivity contribution in [2.24, 2.45) is 5.92 Å². The third kappa shape index (κ3) is 4.88. The Bertz CT molecular complexity index is 1380. The van der Waals surface area contributed by atoms with Crippen molar-refractivity contribution in [1.29, 1.82) is 0 Å². The second-order valence-corrected chi connectivity index (χ2v) is 11.3. The summed E-state index contributed by atoms with van der Waals surface area (Å²) in [6.45, 7) is 3.47. The molecule has 10 nitrogen and oxygen atoms in total. The number of nitrogens with one attached hydrogen (secondary N) is 1. The number of piperidine rings is 1. The number of amides is 4. The number of carbonyl (C=O) groups is 4. The molecule has 194 valence electrons. The minimum Gasteiger partial charge on any atom is -0.371 e. The molecule has 2 aromatic carbocycles. The Kier molecular flexibility index (Phi) is 6.59. The van der Waals surface area contributed by atoms with Gasteiger partial charge in [-0.05, 0) is 62.4 Å². The van der Waals surface area contributed by atoms with Crippen molar-refractivity contribution in [3.63, 3.8) is 0 Å². The second kappa shape index (κ2) is 9.71. The summed E-state index contributed by atoms with van der Waals surface area (Å²) in [5.74, 6) is -1.74.